The maximum atomic E-state index is 12.4. The normalized spacial score (nSPS) is 10.7. The molecule has 0 saturated carbocycles. The fraction of sp³-hybridized carbons (Fsp3) is 0.130. The molecule has 2 aromatic heterocycles. The second kappa shape index (κ2) is 10.5. The molecule has 0 aliphatic rings. The Balaban J connectivity index is 1.46. The molecule has 0 radical (unpaired) electrons. The summed E-state index contributed by atoms with van der Waals surface area (Å²) in [6.45, 7) is 0.646. The number of nitro groups is 1. The van der Waals surface area contributed by atoms with Crippen LogP contribution in [0.4, 0.5) is 11.4 Å². The van der Waals surface area contributed by atoms with E-state index >= 15 is 0 Å². The van der Waals surface area contributed by atoms with Gasteiger partial charge in [-0.25, -0.2) is 0 Å². The van der Waals surface area contributed by atoms with Gasteiger partial charge in [0.2, 0.25) is 5.91 Å². The number of nitrogens with one attached hydrogen (secondary N) is 1. The number of rotatable bonds is 9. The first-order valence-corrected chi connectivity index (χ1v) is 11.1. The Labute approximate surface area is 194 Å². The molecular weight excluding hydrogens is 440 g/mol. The molecule has 166 valence electrons. The number of carbonyl (C=O) groups is 1. The molecule has 2 aromatic carbocycles. The zero-order valence-corrected chi connectivity index (χ0v) is 18.3. The first kappa shape index (κ1) is 22.2. The number of carbonyl (C=O) groups excluding carboxylic acids is 1. The number of hydrogen-bond acceptors (Lipinski definition) is 7. The Bertz CT molecular complexity index is 1230. The fourth-order valence-corrected chi connectivity index (χ4v) is 3.95. The van der Waals surface area contributed by atoms with Crippen molar-refractivity contribution < 1.29 is 9.72 Å². The van der Waals surface area contributed by atoms with Gasteiger partial charge in [-0.2, -0.15) is 0 Å². The molecule has 0 saturated heterocycles. The summed E-state index contributed by atoms with van der Waals surface area (Å²) in [6, 6.07) is 19.6. The summed E-state index contributed by atoms with van der Waals surface area (Å²) in [7, 11) is 0. The Morgan fingerprint density at radius 1 is 1.03 bits per heavy atom. The van der Waals surface area contributed by atoms with Crippen molar-refractivity contribution >= 4 is 29.0 Å². The second-order valence-electron chi connectivity index (χ2n) is 7.08. The van der Waals surface area contributed by atoms with Gasteiger partial charge in [-0.05, 0) is 36.2 Å². The summed E-state index contributed by atoms with van der Waals surface area (Å²) >= 11 is 1.28. The van der Waals surface area contributed by atoms with Gasteiger partial charge < -0.3 is 9.88 Å². The maximum absolute atomic E-state index is 12.4. The molecule has 4 aromatic rings. The van der Waals surface area contributed by atoms with E-state index in [0.29, 0.717) is 23.2 Å². The lowest BCUT2D eigenvalue weighted by atomic mass is 10.1. The summed E-state index contributed by atoms with van der Waals surface area (Å²) in [4.78, 5) is 26.9. The first-order chi connectivity index (χ1) is 16.1. The van der Waals surface area contributed by atoms with E-state index in [-0.39, 0.29) is 17.3 Å². The Kier molecular flexibility index (Phi) is 7.06. The third kappa shape index (κ3) is 5.80. The molecule has 2 heterocycles. The van der Waals surface area contributed by atoms with Crippen molar-refractivity contribution in [3.8, 4) is 11.4 Å². The number of nitro benzene ring substituents is 1. The van der Waals surface area contributed by atoms with Gasteiger partial charge in [0.05, 0.1) is 10.7 Å². The van der Waals surface area contributed by atoms with Crippen LogP contribution in [0.3, 0.4) is 0 Å². The maximum Gasteiger partial charge on any atom is 0.269 e. The molecular formula is C23H20N6O3S. The molecule has 0 atom stereocenters. The molecule has 0 aliphatic heterocycles. The molecule has 0 bridgehead atoms. The average Bonchev–Trinajstić information content (AvgIpc) is 3.26. The molecule has 1 amide bonds. The predicted octanol–water partition coefficient (Wildman–Crippen LogP) is 4.22. The molecule has 0 spiro atoms. The monoisotopic (exact) mass is 460 g/mol. The zero-order chi connectivity index (χ0) is 23.0. The number of pyridine rings is 1. The van der Waals surface area contributed by atoms with Crippen molar-refractivity contribution in [1.29, 1.82) is 0 Å². The smallest absolute Gasteiger partial charge is 0.269 e. The number of thioether (sulfide) groups is 1. The highest BCUT2D eigenvalue weighted by atomic mass is 32.2. The highest BCUT2D eigenvalue weighted by molar-refractivity contribution is 7.99. The third-order valence-corrected chi connectivity index (χ3v) is 5.76. The van der Waals surface area contributed by atoms with Crippen molar-refractivity contribution in [2.75, 3.05) is 11.1 Å². The standard InChI is InChI=1S/C23H20N6O3S/c30-21(25-19-8-10-20(11-9-19)29(31)32)16-33-23-27-26-22(18-7-4-13-24-15-18)28(23)14-12-17-5-2-1-3-6-17/h1-11,13,15H,12,14,16H2,(H,25,30). The quantitative estimate of drug-likeness (QED) is 0.226. The van der Waals surface area contributed by atoms with Gasteiger partial charge in [0.1, 0.15) is 0 Å². The van der Waals surface area contributed by atoms with E-state index in [0.717, 1.165) is 12.0 Å². The molecule has 0 fully saturated rings. The summed E-state index contributed by atoms with van der Waals surface area (Å²) in [6.07, 6.45) is 4.22. The van der Waals surface area contributed by atoms with E-state index in [2.05, 4.69) is 32.6 Å². The number of nitrogens with zero attached hydrogens (tertiary/aromatic N) is 5. The minimum absolute atomic E-state index is 0.0307. The summed E-state index contributed by atoms with van der Waals surface area (Å²) in [5.41, 5.74) is 2.50. The van der Waals surface area contributed by atoms with Crippen molar-refractivity contribution in [2.24, 2.45) is 0 Å². The number of aromatic nitrogens is 4. The van der Waals surface area contributed by atoms with Crippen LogP contribution >= 0.6 is 11.8 Å². The molecule has 4 rings (SSSR count). The largest absolute Gasteiger partial charge is 0.325 e. The fourth-order valence-electron chi connectivity index (χ4n) is 3.18. The van der Waals surface area contributed by atoms with Gasteiger partial charge in [0, 0.05) is 42.3 Å². The van der Waals surface area contributed by atoms with Crippen LogP contribution in [-0.2, 0) is 17.8 Å². The van der Waals surface area contributed by atoms with E-state index in [1.807, 2.05) is 34.9 Å². The van der Waals surface area contributed by atoms with Crippen LogP contribution < -0.4 is 5.32 Å². The number of hydrogen-bond donors (Lipinski definition) is 1. The van der Waals surface area contributed by atoms with E-state index < -0.39 is 4.92 Å². The van der Waals surface area contributed by atoms with Crippen LogP contribution in [0.1, 0.15) is 5.56 Å². The lowest BCUT2D eigenvalue weighted by Gasteiger charge is -2.10. The van der Waals surface area contributed by atoms with Gasteiger partial charge in [-0.15, -0.1) is 10.2 Å². The lowest BCUT2D eigenvalue weighted by molar-refractivity contribution is -0.384. The minimum atomic E-state index is -0.483. The summed E-state index contributed by atoms with van der Waals surface area (Å²) in [5, 5.41) is 22.8. The number of non-ortho nitro benzene ring substituents is 1. The Morgan fingerprint density at radius 2 is 1.82 bits per heavy atom. The summed E-state index contributed by atoms with van der Waals surface area (Å²) < 4.78 is 1.99. The third-order valence-electron chi connectivity index (χ3n) is 4.80. The van der Waals surface area contributed by atoms with Gasteiger partial charge in [-0.1, -0.05) is 42.1 Å². The van der Waals surface area contributed by atoms with E-state index in [1.165, 1.54) is 41.6 Å². The second-order valence-corrected chi connectivity index (χ2v) is 8.02. The van der Waals surface area contributed by atoms with Crippen LogP contribution in [0.5, 0.6) is 0 Å². The number of anilines is 1. The van der Waals surface area contributed by atoms with Gasteiger partial charge in [-0.3, -0.25) is 19.9 Å². The number of aryl methyl sites for hydroxylation is 1. The number of amides is 1. The van der Waals surface area contributed by atoms with Crippen LogP contribution in [-0.4, -0.2) is 36.3 Å². The van der Waals surface area contributed by atoms with Gasteiger partial charge >= 0.3 is 0 Å². The van der Waals surface area contributed by atoms with Crippen molar-refractivity contribution in [1.82, 2.24) is 19.7 Å². The molecule has 10 heteroatoms. The predicted molar refractivity (Wildman–Crippen MR) is 126 cm³/mol. The van der Waals surface area contributed by atoms with Crippen LogP contribution in [0.25, 0.3) is 11.4 Å². The van der Waals surface area contributed by atoms with Gasteiger partial charge in [0.15, 0.2) is 11.0 Å². The highest BCUT2D eigenvalue weighted by Gasteiger charge is 2.16. The zero-order valence-electron chi connectivity index (χ0n) is 17.5. The van der Waals surface area contributed by atoms with E-state index in [9.17, 15) is 14.9 Å². The van der Waals surface area contributed by atoms with Gasteiger partial charge in [0.25, 0.3) is 5.69 Å². The molecule has 33 heavy (non-hydrogen) atoms. The van der Waals surface area contributed by atoms with Crippen LogP contribution in [0, 0.1) is 10.1 Å². The van der Waals surface area contributed by atoms with Crippen molar-refractivity contribution in [2.45, 2.75) is 18.1 Å². The minimum Gasteiger partial charge on any atom is -0.325 e. The topological polar surface area (TPSA) is 116 Å². The van der Waals surface area contributed by atoms with E-state index in [1.54, 1.807) is 12.4 Å². The van der Waals surface area contributed by atoms with Crippen molar-refractivity contribution in [3.63, 3.8) is 0 Å². The Morgan fingerprint density at radius 3 is 2.52 bits per heavy atom. The molecule has 9 nitrogen and oxygen atoms in total. The van der Waals surface area contributed by atoms with E-state index in [4.69, 9.17) is 0 Å². The number of benzene rings is 2. The lowest BCUT2D eigenvalue weighted by Crippen LogP contribution is -2.15. The Hall–Kier alpha value is -4.05. The summed E-state index contributed by atoms with van der Waals surface area (Å²) in [5.74, 6) is 0.569. The van der Waals surface area contributed by atoms with Crippen molar-refractivity contribution in [3.05, 3.63) is 94.8 Å². The highest BCUT2D eigenvalue weighted by Crippen LogP contribution is 2.24. The average molecular weight is 461 g/mol. The molecule has 0 aliphatic carbocycles. The van der Waals surface area contributed by atoms with Crippen LogP contribution in [0.2, 0.25) is 0 Å². The molecule has 1 N–H and O–H groups in total. The van der Waals surface area contributed by atoms with Crippen LogP contribution in [0.15, 0.2) is 84.3 Å². The first-order valence-electron chi connectivity index (χ1n) is 10.1. The molecule has 0 unspecified atom stereocenters. The SMILES string of the molecule is O=C(CSc1nnc(-c2cccnc2)n1CCc1ccccc1)Nc1ccc([N+](=O)[O-])cc1.